The van der Waals surface area contributed by atoms with Crippen LogP contribution in [0.5, 0.6) is 0 Å². The second-order valence-electron chi connectivity index (χ2n) is 6.29. The van der Waals surface area contributed by atoms with Gasteiger partial charge in [-0.3, -0.25) is 4.79 Å². The average molecular weight is 299 g/mol. The molecule has 2 rings (SSSR count). The normalized spacial score (nSPS) is 39.7. The molecule has 0 aromatic heterocycles. The summed E-state index contributed by atoms with van der Waals surface area (Å²) >= 11 is 0. The molecule has 120 valence electrons. The Morgan fingerprint density at radius 3 is 2.48 bits per heavy atom. The summed E-state index contributed by atoms with van der Waals surface area (Å²) in [7, 11) is 1.47. The van der Waals surface area contributed by atoms with Crippen molar-refractivity contribution in [3.8, 4) is 0 Å². The van der Waals surface area contributed by atoms with Gasteiger partial charge in [0.25, 0.3) is 0 Å². The summed E-state index contributed by atoms with van der Waals surface area (Å²) in [6, 6.07) is 0. The van der Waals surface area contributed by atoms with E-state index in [-0.39, 0.29) is 36.6 Å². The van der Waals surface area contributed by atoms with Crippen molar-refractivity contribution in [2.75, 3.05) is 20.3 Å². The number of likely N-dealkylation sites (tertiary alicyclic amines) is 1. The van der Waals surface area contributed by atoms with Gasteiger partial charge in [0, 0.05) is 13.7 Å². The van der Waals surface area contributed by atoms with Gasteiger partial charge in [-0.15, -0.1) is 0 Å². The molecule has 0 bridgehead atoms. The van der Waals surface area contributed by atoms with E-state index in [0.717, 1.165) is 0 Å². The van der Waals surface area contributed by atoms with Crippen LogP contribution in [0.25, 0.3) is 0 Å². The number of rotatable bonds is 4. The highest BCUT2D eigenvalue weighted by Crippen LogP contribution is 2.38. The van der Waals surface area contributed by atoms with Crippen LogP contribution in [0.1, 0.15) is 33.6 Å². The van der Waals surface area contributed by atoms with Gasteiger partial charge in [-0.1, -0.05) is 6.92 Å². The number of methoxy groups -OCH3 is 1. The van der Waals surface area contributed by atoms with Gasteiger partial charge in [-0.25, -0.2) is 4.79 Å². The Balaban J connectivity index is 2.27. The highest BCUT2D eigenvalue weighted by Gasteiger charge is 2.54. The first-order chi connectivity index (χ1) is 9.85. The predicted molar refractivity (Wildman–Crippen MR) is 75.9 cm³/mol. The number of ether oxygens (including phenoxy) is 2. The third kappa shape index (κ3) is 2.55. The van der Waals surface area contributed by atoms with Crippen LogP contribution in [0.2, 0.25) is 0 Å². The van der Waals surface area contributed by atoms with E-state index in [9.17, 15) is 14.7 Å². The first-order valence-corrected chi connectivity index (χ1v) is 7.54. The van der Waals surface area contributed by atoms with Gasteiger partial charge in [-0.05, 0) is 32.6 Å². The topological polar surface area (TPSA) is 76.1 Å². The molecule has 0 aromatic carbocycles. The van der Waals surface area contributed by atoms with Gasteiger partial charge in [0.1, 0.15) is 0 Å². The third-order valence-corrected chi connectivity index (χ3v) is 5.06. The standard InChI is InChI=1S/C15H25NO5/c1-9-10(2)21-11(3)12(9)13(17)16-7-5-6-15(16,8-20-4)14(18)19/h9-12H,5-8H2,1-4H3,(H,18,19). The molecule has 1 N–H and O–H groups in total. The molecule has 0 aromatic rings. The lowest BCUT2D eigenvalue weighted by Crippen LogP contribution is -2.58. The van der Waals surface area contributed by atoms with Gasteiger partial charge in [-0.2, -0.15) is 0 Å². The summed E-state index contributed by atoms with van der Waals surface area (Å²) in [6.07, 6.45) is 0.955. The zero-order valence-corrected chi connectivity index (χ0v) is 13.2. The fraction of sp³-hybridized carbons (Fsp3) is 0.867. The number of nitrogens with zero attached hydrogens (tertiary/aromatic N) is 1. The van der Waals surface area contributed by atoms with Crippen LogP contribution in [0.3, 0.4) is 0 Å². The van der Waals surface area contributed by atoms with Crippen LogP contribution in [0.15, 0.2) is 0 Å². The number of hydrogen-bond acceptors (Lipinski definition) is 4. The molecule has 6 nitrogen and oxygen atoms in total. The third-order valence-electron chi connectivity index (χ3n) is 5.06. The van der Waals surface area contributed by atoms with Gasteiger partial charge in [0.05, 0.1) is 24.7 Å². The molecule has 2 saturated heterocycles. The van der Waals surface area contributed by atoms with E-state index in [0.29, 0.717) is 19.4 Å². The Kier molecular flexibility index (Phi) is 4.58. The molecule has 2 aliphatic rings. The molecule has 2 aliphatic heterocycles. The number of carboxylic acid groups (broad SMARTS) is 1. The zero-order chi connectivity index (χ0) is 15.8. The van der Waals surface area contributed by atoms with Crippen LogP contribution in [-0.4, -0.2) is 59.9 Å². The molecular weight excluding hydrogens is 274 g/mol. The summed E-state index contributed by atoms with van der Waals surface area (Å²) in [6.45, 7) is 6.33. The molecule has 1 amide bonds. The Labute approximate surface area is 125 Å². The van der Waals surface area contributed by atoms with Crippen molar-refractivity contribution >= 4 is 11.9 Å². The number of carbonyl (C=O) groups excluding carboxylic acids is 1. The van der Waals surface area contributed by atoms with Crippen molar-refractivity contribution in [3.05, 3.63) is 0 Å². The van der Waals surface area contributed by atoms with Crippen molar-refractivity contribution in [1.82, 2.24) is 4.90 Å². The SMILES string of the molecule is COCC1(C(=O)O)CCCN1C(=O)C1C(C)OC(C)C1C. The first kappa shape index (κ1) is 16.2. The van der Waals surface area contributed by atoms with Gasteiger partial charge in [0.15, 0.2) is 5.54 Å². The van der Waals surface area contributed by atoms with Crippen LogP contribution < -0.4 is 0 Å². The number of aliphatic carboxylic acids is 1. The summed E-state index contributed by atoms with van der Waals surface area (Å²) in [4.78, 5) is 26.2. The van der Waals surface area contributed by atoms with E-state index >= 15 is 0 Å². The maximum absolute atomic E-state index is 12.9. The number of amides is 1. The molecule has 5 unspecified atom stereocenters. The minimum Gasteiger partial charge on any atom is -0.479 e. The van der Waals surface area contributed by atoms with E-state index in [1.54, 1.807) is 0 Å². The van der Waals surface area contributed by atoms with Crippen molar-refractivity contribution in [1.29, 1.82) is 0 Å². The lowest BCUT2D eigenvalue weighted by Gasteiger charge is -2.36. The van der Waals surface area contributed by atoms with Crippen molar-refractivity contribution < 1.29 is 24.2 Å². The summed E-state index contributed by atoms with van der Waals surface area (Å²) in [5.41, 5.74) is -1.23. The van der Waals surface area contributed by atoms with E-state index in [4.69, 9.17) is 9.47 Å². The van der Waals surface area contributed by atoms with Gasteiger partial charge in [0.2, 0.25) is 5.91 Å². The van der Waals surface area contributed by atoms with Crippen molar-refractivity contribution in [2.45, 2.75) is 51.4 Å². The lowest BCUT2D eigenvalue weighted by atomic mass is 9.86. The van der Waals surface area contributed by atoms with Crippen LogP contribution in [0.4, 0.5) is 0 Å². The predicted octanol–water partition coefficient (Wildman–Crippen LogP) is 1.14. The summed E-state index contributed by atoms with van der Waals surface area (Å²) in [5, 5.41) is 9.64. The van der Waals surface area contributed by atoms with Crippen LogP contribution >= 0.6 is 0 Å². The fourth-order valence-corrected chi connectivity index (χ4v) is 3.74. The van der Waals surface area contributed by atoms with Crippen LogP contribution in [-0.2, 0) is 19.1 Å². The second-order valence-corrected chi connectivity index (χ2v) is 6.29. The Hall–Kier alpha value is -1.14. The Morgan fingerprint density at radius 1 is 1.33 bits per heavy atom. The molecule has 0 spiro atoms. The highest BCUT2D eigenvalue weighted by atomic mass is 16.5. The maximum Gasteiger partial charge on any atom is 0.332 e. The van der Waals surface area contributed by atoms with E-state index in [2.05, 4.69) is 0 Å². The molecule has 5 atom stereocenters. The fourth-order valence-electron chi connectivity index (χ4n) is 3.74. The first-order valence-electron chi connectivity index (χ1n) is 7.54. The van der Waals surface area contributed by atoms with E-state index in [1.165, 1.54) is 12.0 Å². The molecule has 2 heterocycles. The largest absolute Gasteiger partial charge is 0.479 e. The quantitative estimate of drug-likeness (QED) is 0.842. The van der Waals surface area contributed by atoms with Crippen molar-refractivity contribution in [3.63, 3.8) is 0 Å². The maximum atomic E-state index is 12.9. The molecule has 0 saturated carbocycles. The molecule has 2 fully saturated rings. The monoisotopic (exact) mass is 299 g/mol. The van der Waals surface area contributed by atoms with Gasteiger partial charge < -0.3 is 19.5 Å². The Morgan fingerprint density at radius 2 is 2.00 bits per heavy atom. The summed E-state index contributed by atoms with van der Waals surface area (Å²) in [5.74, 6) is -1.30. The number of hydrogen-bond donors (Lipinski definition) is 1. The van der Waals surface area contributed by atoms with E-state index < -0.39 is 11.5 Å². The van der Waals surface area contributed by atoms with Crippen LogP contribution in [0, 0.1) is 11.8 Å². The molecule has 0 aliphatic carbocycles. The second kappa shape index (κ2) is 5.93. The minimum absolute atomic E-state index is 0.0122. The highest BCUT2D eigenvalue weighted by molar-refractivity contribution is 5.89. The molecule has 21 heavy (non-hydrogen) atoms. The smallest absolute Gasteiger partial charge is 0.332 e. The number of carbonyl (C=O) groups is 2. The average Bonchev–Trinajstić information content (AvgIpc) is 2.93. The Bertz CT molecular complexity index is 426. The zero-order valence-electron chi connectivity index (χ0n) is 13.2. The molecular formula is C15H25NO5. The summed E-state index contributed by atoms with van der Waals surface area (Å²) < 4.78 is 10.8. The van der Waals surface area contributed by atoms with Gasteiger partial charge >= 0.3 is 5.97 Å². The van der Waals surface area contributed by atoms with E-state index in [1.807, 2.05) is 20.8 Å². The number of carboxylic acids is 1. The molecule has 6 heteroatoms. The molecule has 0 radical (unpaired) electrons. The lowest BCUT2D eigenvalue weighted by molar-refractivity contribution is -0.162. The minimum atomic E-state index is -1.23. The van der Waals surface area contributed by atoms with Crippen molar-refractivity contribution in [2.24, 2.45) is 11.8 Å².